The summed E-state index contributed by atoms with van der Waals surface area (Å²) < 4.78 is 6.94. The predicted octanol–water partition coefficient (Wildman–Crippen LogP) is 1.85. The molecule has 0 aliphatic heterocycles. The van der Waals surface area contributed by atoms with E-state index in [0.717, 1.165) is 17.8 Å². The van der Waals surface area contributed by atoms with Crippen LogP contribution in [-0.2, 0) is 6.54 Å². The van der Waals surface area contributed by atoms with Gasteiger partial charge in [-0.25, -0.2) is 15.0 Å². The third kappa shape index (κ3) is 2.81. The molecule has 2 rings (SSSR count). The fourth-order valence-corrected chi connectivity index (χ4v) is 1.50. The number of rotatable bonds is 4. The molecule has 0 aliphatic rings. The van der Waals surface area contributed by atoms with Crippen LogP contribution >= 0.6 is 0 Å². The average Bonchev–Trinajstić information content (AvgIpc) is 2.79. The number of ether oxygens (including phenoxy) is 1. The van der Waals surface area contributed by atoms with E-state index in [0.29, 0.717) is 11.9 Å². The Kier molecular flexibility index (Phi) is 3.37. The van der Waals surface area contributed by atoms with E-state index in [1.54, 1.807) is 19.5 Å². The third-order valence-corrected chi connectivity index (χ3v) is 2.47. The summed E-state index contributed by atoms with van der Waals surface area (Å²) in [6, 6.07) is 0.391. The van der Waals surface area contributed by atoms with Gasteiger partial charge in [0.05, 0.1) is 25.7 Å². The highest BCUT2D eigenvalue weighted by atomic mass is 16.5. The molecule has 5 nitrogen and oxygen atoms in total. The molecule has 0 aliphatic carbocycles. The van der Waals surface area contributed by atoms with Crippen molar-refractivity contribution in [1.82, 2.24) is 19.5 Å². The first-order valence-electron chi connectivity index (χ1n) is 5.55. The largest absolute Gasteiger partial charge is 0.467 e. The molecular weight excluding hydrogens is 216 g/mol. The van der Waals surface area contributed by atoms with Gasteiger partial charge in [0, 0.05) is 24.2 Å². The number of imidazole rings is 1. The first-order valence-corrected chi connectivity index (χ1v) is 5.55. The molecule has 90 valence electrons. The van der Waals surface area contributed by atoms with Crippen LogP contribution in [0.3, 0.4) is 0 Å². The number of nitrogens with zero attached hydrogens (tertiary/aromatic N) is 4. The summed E-state index contributed by atoms with van der Waals surface area (Å²) in [5.41, 5.74) is 2.12. The van der Waals surface area contributed by atoms with Crippen LogP contribution in [0.5, 0.6) is 6.01 Å². The Morgan fingerprint density at radius 1 is 1.24 bits per heavy atom. The molecule has 0 N–H and O–H groups in total. The lowest BCUT2D eigenvalue weighted by Crippen LogP contribution is -1.99. The fraction of sp³-hybridized carbons (Fsp3) is 0.417. The van der Waals surface area contributed by atoms with E-state index < -0.39 is 0 Å². The lowest BCUT2D eigenvalue weighted by molar-refractivity contribution is 0.379. The normalized spacial score (nSPS) is 10.8. The monoisotopic (exact) mass is 232 g/mol. The molecule has 0 radical (unpaired) electrons. The van der Waals surface area contributed by atoms with Gasteiger partial charge in [0.25, 0.3) is 0 Å². The van der Waals surface area contributed by atoms with Crippen molar-refractivity contribution in [2.75, 3.05) is 7.11 Å². The summed E-state index contributed by atoms with van der Waals surface area (Å²) in [6.07, 6.45) is 7.41. The number of hydrogen-bond donors (Lipinski definition) is 0. The number of hydrogen-bond acceptors (Lipinski definition) is 4. The van der Waals surface area contributed by atoms with Gasteiger partial charge in [-0.15, -0.1) is 0 Å². The molecular formula is C12H16N4O. The van der Waals surface area contributed by atoms with Gasteiger partial charge in [-0.05, 0) is 5.92 Å². The SMILES string of the molecule is COc1ncc(Cn2cnc(C(C)C)c2)cn1. The highest BCUT2D eigenvalue weighted by molar-refractivity contribution is 5.10. The molecule has 0 aromatic carbocycles. The van der Waals surface area contributed by atoms with Gasteiger partial charge in [0.1, 0.15) is 0 Å². The summed E-state index contributed by atoms with van der Waals surface area (Å²) >= 11 is 0. The minimum atomic E-state index is 0.391. The second-order valence-corrected chi connectivity index (χ2v) is 4.20. The highest BCUT2D eigenvalue weighted by Gasteiger charge is 2.04. The zero-order valence-corrected chi connectivity index (χ0v) is 10.3. The highest BCUT2D eigenvalue weighted by Crippen LogP contribution is 2.12. The summed E-state index contributed by atoms with van der Waals surface area (Å²) in [7, 11) is 1.56. The summed E-state index contributed by atoms with van der Waals surface area (Å²) in [5.74, 6) is 0.448. The molecule has 0 atom stereocenters. The van der Waals surface area contributed by atoms with Gasteiger partial charge in [0.2, 0.25) is 0 Å². The van der Waals surface area contributed by atoms with Crippen LogP contribution in [-0.4, -0.2) is 26.6 Å². The first kappa shape index (κ1) is 11.6. The van der Waals surface area contributed by atoms with Gasteiger partial charge in [-0.1, -0.05) is 13.8 Å². The van der Waals surface area contributed by atoms with Gasteiger partial charge in [0.15, 0.2) is 0 Å². The van der Waals surface area contributed by atoms with Crippen molar-refractivity contribution in [3.63, 3.8) is 0 Å². The molecule has 2 aromatic heterocycles. The van der Waals surface area contributed by atoms with Crippen LogP contribution in [0.2, 0.25) is 0 Å². The third-order valence-electron chi connectivity index (χ3n) is 2.47. The van der Waals surface area contributed by atoms with E-state index in [-0.39, 0.29) is 0 Å². The molecule has 2 heterocycles. The maximum absolute atomic E-state index is 4.91. The van der Waals surface area contributed by atoms with Crippen LogP contribution in [0.4, 0.5) is 0 Å². The fourth-order valence-electron chi connectivity index (χ4n) is 1.50. The van der Waals surface area contributed by atoms with Crippen molar-refractivity contribution < 1.29 is 4.74 Å². The number of aromatic nitrogens is 4. The van der Waals surface area contributed by atoms with E-state index in [2.05, 4.69) is 35.0 Å². The molecule has 0 saturated heterocycles. The molecule has 17 heavy (non-hydrogen) atoms. The van der Waals surface area contributed by atoms with Gasteiger partial charge in [-0.3, -0.25) is 0 Å². The Labute approximate surface area is 101 Å². The Morgan fingerprint density at radius 2 is 1.94 bits per heavy atom. The van der Waals surface area contributed by atoms with Crippen molar-refractivity contribution in [1.29, 1.82) is 0 Å². The maximum Gasteiger partial charge on any atom is 0.316 e. The van der Waals surface area contributed by atoms with E-state index in [4.69, 9.17) is 4.74 Å². The van der Waals surface area contributed by atoms with E-state index in [9.17, 15) is 0 Å². The van der Waals surface area contributed by atoms with Crippen LogP contribution in [0.25, 0.3) is 0 Å². The van der Waals surface area contributed by atoms with Crippen LogP contribution in [0.15, 0.2) is 24.9 Å². The van der Waals surface area contributed by atoms with Crippen molar-refractivity contribution in [3.05, 3.63) is 36.2 Å². The Bertz CT molecular complexity index is 476. The Balaban J connectivity index is 2.08. The van der Waals surface area contributed by atoms with Gasteiger partial charge < -0.3 is 9.30 Å². The number of methoxy groups -OCH3 is 1. The van der Waals surface area contributed by atoms with E-state index >= 15 is 0 Å². The molecule has 0 amide bonds. The summed E-state index contributed by atoms with van der Waals surface area (Å²) in [6.45, 7) is 4.98. The van der Waals surface area contributed by atoms with Gasteiger partial charge in [-0.2, -0.15) is 0 Å². The molecule has 5 heteroatoms. The van der Waals surface area contributed by atoms with Crippen molar-refractivity contribution in [2.45, 2.75) is 26.3 Å². The quantitative estimate of drug-likeness (QED) is 0.807. The van der Waals surface area contributed by atoms with Gasteiger partial charge >= 0.3 is 6.01 Å². The second-order valence-electron chi connectivity index (χ2n) is 4.20. The standard InChI is InChI=1S/C12H16N4O/c1-9(2)11-7-16(8-15-11)6-10-4-13-12(17-3)14-5-10/h4-5,7-9H,6H2,1-3H3. The molecule has 0 spiro atoms. The van der Waals surface area contributed by atoms with Crippen LogP contribution < -0.4 is 4.74 Å². The average molecular weight is 232 g/mol. The van der Waals surface area contributed by atoms with E-state index in [1.165, 1.54) is 0 Å². The molecule has 0 bridgehead atoms. The zero-order valence-electron chi connectivity index (χ0n) is 10.3. The molecule has 0 fully saturated rings. The predicted molar refractivity (Wildman–Crippen MR) is 64.0 cm³/mol. The topological polar surface area (TPSA) is 52.8 Å². The molecule has 0 unspecified atom stereocenters. The lowest BCUT2D eigenvalue weighted by Gasteiger charge is -2.02. The summed E-state index contributed by atoms with van der Waals surface area (Å²) in [5, 5.41) is 0. The molecule has 0 saturated carbocycles. The molecule has 2 aromatic rings. The Morgan fingerprint density at radius 3 is 2.47 bits per heavy atom. The van der Waals surface area contributed by atoms with Crippen LogP contribution in [0, 0.1) is 0 Å². The minimum Gasteiger partial charge on any atom is -0.467 e. The lowest BCUT2D eigenvalue weighted by atomic mass is 10.2. The van der Waals surface area contributed by atoms with E-state index in [1.807, 2.05) is 10.9 Å². The minimum absolute atomic E-state index is 0.391. The van der Waals surface area contributed by atoms with Crippen molar-refractivity contribution >= 4 is 0 Å². The maximum atomic E-state index is 4.91. The van der Waals surface area contributed by atoms with Crippen LogP contribution in [0.1, 0.15) is 31.0 Å². The smallest absolute Gasteiger partial charge is 0.316 e. The van der Waals surface area contributed by atoms with Crippen molar-refractivity contribution in [3.8, 4) is 6.01 Å². The summed E-state index contributed by atoms with van der Waals surface area (Å²) in [4.78, 5) is 12.5. The Hall–Kier alpha value is -1.91. The second kappa shape index (κ2) is 4.95. The zero-order chi connectivity index (χ0) is 12.3. The first-order chi connectivity index (χ1) is 8.19. The van der Waals surface area contributed by atoms with Crippen molar-refractivity contribution in [2.24, 2.45) is 0 Å².